The second-order valence-corrected chi connectivity index (χ2v) is 3.08. The normalized spacial score (nSPS) is 10.4. The molecular weight excluding hydrogens is 237 g/mol. The van der Waals surface area contributed by atoms with Crippen molar-refractivity contribution in [2.75, 3.05) is 6.61 Å². The van der Waals surface area contributed by atoms with Crippen molar-refractivity contribution in [3.05, 3.63) is 35.1 Å². The molecule has 0 aromatic heterocycles. The molecule has 92 valence electrons. The van der Waals surface area contributed by atoms with Gasteiger partial charge in [0.1, 0.15) is 5.82 Å². The third kappa shape index (κ3) is 3.05. The number of ketones is 1. The van der Waals surface area contributed by atoms with Crippen molar-refractivity contribution < 1.29 is 27.5 Å². The van der Waals surface area contributed by atoms with E-state index in [0.29, 0.717) is 6.07 Å². The molecule has 0 saturated heterocycles. The molecule has 0 N–H and O–H groups in total. The van der Waals surface area contributed by atoms with Crippen molar-refractivity contribution in [1.29, 1.82) is 0 Å². The Morgan fingerprint density at radius 3 is 2.53 bits per heavy atom. The van der Waals surface area contributed by atoms with Crippen molar-refractivity contribution in [3.63, 3.8) is 0 Å². The summed E-state index contributed by atoms with van der Waals surface area (Å²) in [5.74, 6) is -3.43. The monoisotopic (exact) mass is 246 g/mol. The number of hydrogen-bond acceptors (Lipinski definition) is 3. The molecule has 0 aliphatic rings. The second-order valence-electron chi connectivity index (χ2n) is 3.08. The SMILES string of the molecule is CCOC(=O)C(=O)c1cc(F)ccc1C(F)F. The number of benzene rings is 1. The van der Waals surface area contributed by atoms with Gasteiger partial charge in [-0.3, -0.25) is 4.79 Å². The van der Waals surface area contributed by atoms with Gasteiger partial charge in [0.25, 0.3) is 12.2 Å². The van der Waals surface area contributed by atoms with Gasteiger partial charge in [-0.25, -0.2) is 18.0 Å². The van der Waals surface area contributed by atoms with Gasteiger partial charge < -0.3 is 4.74 Å². The Bertz CT molecular complexity index is 444. The van der Waals surface area contributed by atoms with Gasteiger partial charge in [0.2, 0.25) is 0 Å². The van der Waals surface area contributed by atoms with Gasteiger partial charge in [0.15, 0.2) is 0 Å². The predicted molar refractivity (Wildman–Crippen MR) is 52.3 cm³/mol. The van der Waals surface area contributed by atoms with Crippen LogP contribution in [0, 0.1) is 5.82 Å². The Balaban J connectivity index is 3.15. The molecule has 1 rings (SSSR count). The van der Waals surface area contributed by atoms with E-state index in [1.165, 1.54) is 6.92 Å². The maximum Gasteiger partial charge on any atom is 0.379 e. The van der Waals surface area contributed by atoms with Crippen LogP contribution in [0.2, 0.25) is 0 Å². The number of Topliss-reactive ketones (excluding diaryl/α,β-unsaturated/α-hetero) is 1. The average Bonchev–Trinajstić information content (AvgIpc) is 2.27. The summed E-state index contributed by atoms with van der Waals surface area (Å²) in [6.45, 7) is 1.40. The lowest BCUT2D eigenvalue weighted by Gasteiger charge is -2.07. The van der Waals surface area contributed by atoms with Gasteiger partial charge >= 0.3 is 5.97 Å². The van der Waals surface area contributed by atoms with Gasteiger partial charge in [-0.05, 0) is 25.1 Å². The summed E-state index contributed by atoms with van der Waals surface area (Å²) in [6, 6.07) is 2.16. The largest absolute Gasteiger partial charge is 0.460 e. The summed E-state index contributed by atoms with van der Waals surface area (Å²) in [7, 11) is 0. The smallest absolute Gasteiger partial charge is 0.379 e. The van der Waals surface area contributed by atoms with Crippen molar-refractivity contribution in [1.82, 2.24) is 0 Å². The van der Waals surface area contributed by atoms with Crippen molar-refractivity contribution in [2.24, 2.45) is 0 Å². The fourth-order valence-corrected chi connectivity index (χ4v) is 1.22. The Hall–Kier alpha value is -1.85. The first-order valence-electron chi connectivity index (χ1n) is 4.76. The Morgan fingerprint density at radius 2 is 2.00 bits per heavy atom. The zero-order chi connectivity index (χ0) is 13.0. The lowest BCUT2D eigenvalue weighted by atomic mass is 10.0. The van der Waals surface area contributed by atoms with Crippen LogP contribution in [0.25, 0.3) is 0 Å². The third-order valence-electron chi connectivity index (χ3n) is 1.96. The zero-order valence-corrected chi connectivity index (χ0v) is 8.88. The molecule has 0 amide bonds. The van der Waals surface area contributed by atoms with Crippen LogP contribution in [-0.2, 0) is 9.53 Å². The van der Waals surface area contributed by atoms with E-state index in [2.05, 4.69) is 4.74 Å². The first-order chi connectivity index (χ1) is 7.97. The van der Waals surface area contributed by atoms with Crippen LogP contribution in [0.3, 0.4) is 0 Å². The number of carbonyl (C=O) groups excluding carboxylic acids is 2. The number of esters is 1. The first kappa shape index (κ1) is 13.2. The number of rotatable bonds is 4. The summed E-state index contributed by atoms with van der Waals surface area (Å²) in [6.07, 6.45) is -2.97. The third-order valence-corrected chi connectivity index (χ3v) is 1.96. The Morgan fingerprint density at radius 1 is 1.35 bits per heavy atom. The number of ether oxygens (including phenoxy) is 1. The molecular formula is C11H9F3O3. The van der Waals surface area contributed by atoms with Crippen molar-refractivity contribution in [3.8, 4) is 0 Å². The molecule has 17 heavy (non-hydrogen) atoms. The van der Waals surface area contributed by atoms with Crippen LogP contribution in [0.15, 0.2) is 18.2 Å². The maximum absolute atomic E-state index is 12.9. The highest BCUT2D eigenvalue weighted by Crippen LogP contribution is 2.24. The fourth-order valence-electron chi connectivity index (χ4n) is 1.22. The quantitative estimate of drug-likeness (QED) is 0.465. The van der Waals surface area contributed by atoms with Crippen LogP contribution >= 0.6 is 0 Å². The molecule has 3 nitrogen and oxygen atoms in total. The second kappa shape index (κ2) is 5.47. The van der Waals surface area contributed by atoms with Gasteiger partial charge in [-0.15, -0.1) is 0 Å². The Labute approximate surface area is 95.2 Å². The number of alkyl halides is 2. The molecule has 0 radical (unpaired) electrons. The van der Waals surface area contributed by atoms with E-state index in [1.807, 2.05) is 0 Å². The first-order valence-corrected chi connectivity index (χ1v) is 4.76. The molecule has 1 aromatic carbocycles. The molecule has 0 spiro atoms. The molecule has 1 aromatic rings. The molecule has 0 atom stereocenters. The number of hydrogen-bond donors (Lipinski definition) is 0. The van der Waals surface area contributed by atoms with E-state index >= 15 is 0 Å². The van der Waals surface area contributed by atoms with Gasteiger partial charge in [0.05, 0.1) is 6.61 Å². The van der Waals surface area contributed by atoms with Crippen LogP contribution in [0.1, 0.15) is 29.3 Å². The summed E-state index contributed by atoms with van der Waals surface area (Å²) >= 11 is 0. The zero-order valence-electron chi connectivity index (χ0n) is 8.88. The van der Waals surface area contributed by atoms with Crippen molar-refractivity contribution in [2.45, 2.75) is 13.3 Å². The van der Waals surface area contributed by atoms with Gasteiger partial charge in [-0.1, -0.05) is 0 Å². The highest BCUT2D eigenvalue weighted by molar-refractivity contribution is 6.41. The Kier molecular flexibility index (Phi) is 4.25. The molecule has 0 saturated carbocycles. The van der Waals surface area contributed by atoms with Crippen LogP contribution in [0.4, 0.5) is 13.2 Å². The van der Waals surface area contributed by atoms with Crippen molar-refractivity contribution >= 4 is 11.8 Å². The molecule has 0 aliphatic carbocycles. The lowest BCUT2D eigenvalue weighted by molar-refractivity contribution is -0.137. The number of carbonyl (C=O) groups is 2. The van der Waals surface area contributed by atoms with Gasteiger partial charge in [0, 0.05) is 11.1 Å². The molecule has 0 aliphatic heterocycles. The van der Waals surface area contributed by atoms with Crippen LogP contribution < -0.4 is 0 Å². The summed E-state index contributed by atoms with van der Waals surface area (Å²) in [5, 5.41) is 0. The standard InChI is InChI=1S/C11H9F3O3/c1-2-17-11(16)9(15)8-5-6(12)3-4-7(8)10(13)14/h3-5,10H,2H2,1H3. The average molecular weight is 246 g/mol. The predicted octanol–water partition coefficient (Wildman–Crippen LogP) is 2.51. The summed E-state index contributed by atoms with van der Waals surface area (Å²) in [5.41, 5.74) is -1.36. The topological polar surface area (TPSA) is 43.4 Å². The minimum absolute atomic E-state index is 0.0656. The summed E-state index contributed by atoms with van der Waals surface area (Å²) in [4.78, 5) is 22.5. The van der Waals surface area contributed by atoms with Crippen LogP contribution in [0.5, 0.6) is 0 Å². The minimum Gasteiger partial charge on any atom is -0.460 e. The lowest BCUT2D eigenvalue weighted by Crippen LogP contribution is -2.19. The van der Waals surface area contributed by atoms with E-state index in [4.69, 9.17) is 0 Å². The molecule has 0 fully saturated rings. The van der Waals surface area contributed by atoms with E-state index in [-0.39, 0.29) is 6.61 Å². The van der Waals surface area contributed by atoms with E-state index in [9.17, 15) is 22.8 Å². The molecule has 0 heterocycles. The van der Waals surface area contributed by atoms with E-state index < -0.39 is 35.1 Å². The maximum atomic E-state index is 12.9. The number of halogens is 3. The van der Waals surface area contributed by atoms with Gasteiger partial charge in [-0.2, -0.15) is 0 Å². The molecule has 6 heteroatoms. The highest BCUT2D eigenvalue weighted by atomic mass is 19.3. The minimum atomic E-state index is -2.97. The van der Waals surface area contributed by atoms with E-state index in [0.717, 1.165) is 12.1 Å². The molecule has 0 bridgehead atoms. The highest BCUT2D eigenvalue weighted by Gasteiger charge is 2.25. The summed E-state index contributed by atoms with van der Waals surface area (Å²) < 4.78 is 42.3. The fraction of sp³-hybridized carbons (Fsp3) is 0.273. The van der Waals surface area contributed by atoms with E-state index in [1.54, 1.807) is 0 Å². The van der Waals surface area contributed by atoms with Crippen LogP contribution in [-0.4, -0.2) is 18.4 Å². The molecule has 0 unspecified atom stereocenters.